The van der Waals surface area contributed by atoms with Crippen molar-refractivity contribution in [1.82, 2.24) is 10.2 Å². The van der Waals surface area contributed by atoms with Crippen molar-refractivity contribution in [2.75, 3.05) is 39.3 Å². The van der Waals surface area contributed by atoms with Gasteiger partial charge in [0.05, 0.1) is 6.10 Å². The first kappa shape index (κ1) is 15.6. The van der Waals surface area contributed by atoms with Crippen molar-refractivity contribution in [3.63, 3.8) is 0 Å². The van der Waals surface area contributed by atoms with E-state index in [4.69, 9.17) is 4.74 Å². The van der Waals surface area contributed by atoms with E-state index >= 15 is 0 Å². The molecule has 0 aliphatic carbocycles. The summed E-state index contributed by atoms with van der Waals surface area (Å²) in [6.45, 7) is 9.73. The van der Waals surface area contributed by atoms with Crippen LogP contribution in [0.4, 0.5) is 0 Å². The van der Waals surface area contributed by atoms with Crippen LogP contribution in [0.2, 0.25) is 0 Å². The van der Waals surface area contributed by atoms with Gasteiger partial charge in [-0.3, -0.25) is 0 Å². The van der Waals surface area contributed by atoms with E-state index < -0.39 is 0 Å². The third kappa shape index (κ3) is 3.63. The van der Waals surface area contributed by atoms with E-state index in [0.717, 1.165) is 12.5 Å². The fourth-order valence-electron chi connectivity index (χ4n) is 4.10. The molecule has 0 radical (unpaired) electrons. The molecule has 0 aromatic heterocycles. The summed E-state index contributed by atoms with van der Waals surface area (Å²) < 4.78 is 5.79. The molecule has 0 aromatic rings. The van der Waals surface area contributed by atoms with Gasteiger partial charge in [-0.25, -0.2) is 0 Å². The molecule has 3 unspecified atom stereocenters. The maximum atomic E-state index is 5.79. The van der Waals surface area contributed by atoms with Crippen molar-refractivity contribution in [3.8, 4) is 0 Å². The molecule has 3 rings (SSSR count). The molecule has 3 atom stereocenters. The Hall–Kier alpha value is 0.170. The molecule has 0 amide bonds. The number of nitrogens with zero attached hydrogens (tertiary/aromatic N) is 1. The molecule has 3 heterocycles. The number of halogens is 1. The Morgan fingerprint density at radius 3 is 3.00 bits per heavy atom. The fraction of sp³-hybridized carbons (Fsp3) is 1.00. The lowest BCUT2D eigenvalue weighted by atomic mass is 9.86. The Morgan fingerprint density at radius 2 is 2.26 bits per heavy atom. The van der Waals surface area contributed by atoms with E-state index in [1.54, 1.807) is 0 Å². The van der Waals surface area contributed by atoms with Crippen LogP contribution in [-0.4, -0.2) is 50.3 Å². The Bertz CT molecular complexity index is 281. The quantitative estimate of drug-likeness (QED) is 0.862. The van der Waals surface area contributed by atoms with Crippen LogP contribution in [0, 0.1) is 11.3 Å². The highest BCUT2D eigenvalue weighted by Crippen LogP contribution is 2.37. The van der Waals surface area contributed by atoms with Gasteiger partial charge in [0.2, 0.25) is 0 Å². The third-order valence-electron chi connectivity index (χ3n) is 5.30. The topological polar surface area (TPSA) is 24.5 Å². The van der Waals surface area contributed by atoms with Crippen molar-refractivity contribution in [2.24, 2.45) is 11.3 Å². The lowest BCUT2D eigenvalue weighted by molar-refractivity contribution is -0.0168. The molecule has 1 N–H and O–H groups in total. The first-order valence-electron chi connectivity index (χ1n) is 7.84. The molecule has 3 saturated heterocycles. The summed E-state index contributed by atoms with van der Waals surface area (Å²) in [5, 5.41) is 3.55. The zero-order valence-corrected chi connectivity index (χ0v) is 13.0. The van der Waals surface area contributed by atoms with Gasteiger partial charge in [-0.2, -0.15) is 0 Å². The van der Waals surface area contributed by atoms with E-state index in [1.807, 2.05) is 0 Å². The van der Waals surface area contributed by atoms with E-state index in [2.05, 4.69) is 17.1 Å². The highest BCUT2D eigenvalue weighted by atomic mass is 35.5. The molecule has 3 aliphatic heterocycles. The summed E-state index contributed by atoms with van der Waals surface area (Å²) in [5.74, 6) is 0.883. The number of nitrogens with one attached hydrogen (secondary N) is 1. The van der Waals surface area contributed by atoms with Crippen molar-refractivity contribution in [1.29, 1.82) is 0 Å². The number of rotatable bonds is 3. The molecule has 0 aromatic carbocycles. The first-order chi connectivity index (χ1) is 8.80. The van der Waals surface area contributed by atoms with Crippen molar-refractivity contribution in [3.05, 3.63) is 0 Å². The second kappa shape index (κ2) is 6.75. The molecular formula is C15H29ClN2O. The second-order valence-corrected chi connectivity index (χ2v) is 6.70. The van der Waals surface area contributed by atoms with Crippen LogP contribution in [-0.2, 0) is 4.74 Å². The summed E-state index contributed by atoms with van der Waals surface area (Å²) in [6, 6.07) is 0. The Morgan fingerprint density at radius 1 is 1.37 bits per heavy atom. The summed E-state index contributed by atoms with van der Waals surface area (Å²) in [7, 11) is 0. The standard InChI is InChI=1S/C15H28N2O.ClH/c1-2-14-9-13(3-8-18-14)10-17-7-5-15(12-17)4-6-16-11-15;/h13-14,16H,2-12H2,1H3;1H. The minimum absolute atomic E-state index is 0. The first-order valence-corrected chi connectivity index (χ1v) is 7.84. The van der Waals surface area contributed by atoms with Gasteiger partial charge in [-0.15, -0.1) is 12.4 Å². The molecule has 0 saturated carbocycles. The largest absolute Gasteiger partial charge is 0.378 e. The third-order valence-corrected chi connectivity index (χ3v) is 5.30. The molecule has 0 bridgehead atoms. The SMILES string of the molecule is CCC1CC(CN2CCC3(CCNC3)C2)CCO1.Cl. The fourth-order valence-corrected chi connectivity index (χ4v) is 4.10. The molecule has 4 heteroatoms. The van der Waals surface area contributed by atoms with Crippen LogP contribution in [0.25, 0.3) is 0 Å². The normalized spacial score (nSPS) is 39.6. The predicted octanol–water partition coefficient (Wildman–Crippen LogP) is 2.30. The van der Waals surface area contributed by atoms with Gasteiger partial charge in [-0.1, -0.05) is 6.92 Å². The zero-order valence-electron chi connectivity index (χ0n) is 12.2. The van der Waals surface area contributed by atoms with Crippen molar-refractivity contribution < 1.29 is 4.74 Å². The van der Waals surface area contributed by atoms with Crippen LogP contribution in [0.5, 0.6) is 0 Å². The molecule has 3 nitrogen and oxygen atoms in total. The summed E-state index contributed by atoms with van der Waals surface area (Å²) in [6.07, 6.45) is 7.10. The molecular weight excluding hydrogens is 260 g/mol. The van der Waals surface area contributed by atoms with Crippen LogP contribution < -0.4 is 5.32 Å². The second-order valence-electron chi connectivity index (χ2n) is 6.70. The molecule has 112 valence electrons. The van der Waals surface area contributed by atoms with Gasteiger partial charge in [0.1, 0.15) is 0 Å². The summed E-state index contributed by atoms with van der Waals surface area (Å²) >= 11 is 0. The van der Waals surface area contributed by atoms with E-state index in [1.165, 1.54) is 64.8 Å². The lowest BCUT2D eigenvalue weighted by Crippen LogP contribution is -2.36. The molecule has 19 heavy (non-hydrogen) atoms. The smallest absolute Gasteiger partial charge is 0.0575 e. The molecule has 3 aliphatic rings. The maximum Gasteiger partial charge on any atom is 0.0575 e. The highest BCUT2D eigenvalue weighted by molar-refractivity contribution is 5.85. The number of hydrogen-bond donors (Lipinski definition) is 1. The van der Waals surface area contributed by atoms with Gasteiger partial charge in [0.25, 0.3) is 0 Å². The van der Waals surface area contributed by atoms with Gasteiger partial charge in [0.15, 0.2) is 0 Å². The van der Waals surface area contributed by atoms with Crippen LogP contribution in [0.1, 0.15) is 39.0 Å². The Kier molecular flexibility index (Phi) is 5.53. The average molecular weight is 289 g/mol. The summed E-state index contributed by atoms with van der Waals surface area (Å²) in [4.78, 5) is 2.73. The van der Waals surface area contributed by atoms with E-state index in [-0.39, 0.29) is 12.4 Å². The number of ether oxygens (including phenoxy) is 1. The predicted molar refractivity (Wildman–Crippen MR) is 81.0 cm³/mol. The van der Waals surface area contributed by atoms with Crippen molar-refractivity contribution >= 4 is 12.4 Å². The van der Waals surface area contributed by atoms with E-state index in [9.17, 15) is 0 Å². The average Bonchev–Trinajstić information content (AvgIpc) is 3.01. The number of likely N-dealkylation sites (tertiary alicyclic amines) is 1. The minimum atomic E-state index is 0. The Balaban J connectivity index is 0.00000133. The highest BCUT2D eigenvalue weighted by Gasteiger charge is 2.40. The maximum absolute atomic E-state index is 5.79. The minimum Gasteiger partial charge on any atom is -0.378 e. The monoisotopic (exact) mass is 288 g/mol. The van der Waals surface area contributed by atoms with Crippen molar-refractivity contribution in [2.45, 2.75) is 45.1 Å². The van der Waals surface area contributed by atoms with Crippen LogP contribution >= 0.6 is 12.4 Å². The lowest BCUT2D eigenvalue weighted by Gasteiger charge is -2.32. The molecule has 3 fully saturated rings. The van der Waals surface area contributed by atoms with Gasteiger partial charge in [0, 0.05) is 26.2 Å². The van der Waals surface area contributed by atoms with E-state index in [0.29, 0.717) is 11.5 Å². The zero-order chi connectivity index (χ0) is 12.4. The molecule has 1 spiro atoms. The van der Waals surface area contributed by atoms with Gasteiger partial charge < -0.3 is 15.0 Å². The van der Waals surface area contributed by atoms with Gasteiger partial charge >= 0.3 is 0 Å². The Labute approximate surface area is 123 Å². The van der Waals surface area contributed by atoms with Gasteiger partial charge in [-0.05, 0) is 56.5 Å². The number of hydrogen-bond acceptors (Lipinski definition) is 3. The summed E-state index contributed by atoms with van der Waals surface area (Å²) in [5.41, 5.74) is 0.634. The van der Waals surface area contributed by atoms with Crippen LogP contribution in [0.15, 0.2) is 0 Å². The van der Waals surface area contributed by atoms with Crippen LogP contribution in [0.3, 0.4) is 0 Å².